The Morgan fingerprint density at radius 1 is 1.02 bits per heavy atom. The summed E-state index contributed by atoms with van der Waals surface area (Å²) in [6.07, 6.45) is 7.54. The Balaban J connectivity index is 1.46. The van der Waals surface area contributed by atoms with Crippen molar-refractivity contribution in [2.75, 3.05) is 26.8 Å². The molecule has 242 valence electrons. The van der Waals surface area contributed by atoms with Gasteiger partial charge < -0.3 is 19.5 Å². The fourth-order valence-corrected chi connectivity index (χ4v) is 8.25. The molecule has 6 heteroatoms. The van der Waals surface area contributed by atoms with Crippen molar-refractivity contribution in [2.24, 2.45) is 5.41 Å². The summed E-state index contributed by atoms with van der Waals surface area (Å²) in [6.45, 7) is 6.18. The van der Waals surface area contributed by atoms with Gasteiger partial charge in [0.25, 0.3) is 0 Å². The molecule has 3 aromatic carbocycles. The monoisotopic (exact) mass is 621 g/mol. The van der Waals surface area contributed by atoms with Gasteiger partial charge in [-0.2, -0.15) is 0 Å². The minimum absolute atomic E-state index is 0.0117. The van der Waals surface area contributed by atoms with Crippen molar-refractivity contribution in [3.63, 3.8) is 0 Å². The quantitative estimate of drug-likeness (QED) is 0.164. The second-order valence-corrected chi connectivity index (χ2v) is 13.8. The van der Waals surface area contributed by atoms with E-state index < -0.39 is 17.1 Å². The molecule has 1 aliphatic heterocycles. The van der Waals surface area contributed by atoms with Crippen LogP contribution in [0.2, 0.25) is 0 Å². The van der Waals surface area contributed by atoms with Crippen LogP contribution in [0, 0.1) is 5.41 Å². The molecule has 7 rings (SSSR count). The lowest BCUT2D eigenvalue weighted by Gasteiger charge is -2.43. The summed E-state index contributed by atoms with van der Waals surface area (Å²) in [5.41, 5.74) is 5.46. The molecule has 0 radical (unpaired) electrons. The van der Waals surface area contributed by atoms with Crippen LogP contribution in [0.25, 0.3) is 11.1 Å². The molecule has 1 heterocycles. The molecule has 6 nitrogen and oxygen atoms in total. The van der Waals surface area contributed by atoms with Crippen LogP contribution in [0.1, 0.15) is 91.8 Å². The van der Waals surface area contributed by atoms with Crippen molar-refractivity contribution in [1.29, 1.82) is 0 Å². The second-order valence-electron chi connectivity index (χ2n) is 13.8. The van der Waals surface area contributed by atoms with Crippen molar-refractivity contribution in [3.8, 4) is 11.1 Å². The highest BCUT2D eigenvalue weighted by molar-refractivity contribution is 6.13. The molecule has 1 saturated heterocycles. The first kappa shape index (κ1) is 32.2. The normalized spacial score (nSPS) is 26.5. The highest BCUT2D eigenvalue weighted by Crippen LogP contribution is 2.61. The van der Waals surface area contributed by atoms with E-state index in [4.69, 9.17) is 9.47 Å². The van der Waals surface area contributed by atoms with Gasteiger partial charge in [-0.05, 0) is 92.5 Å². The Hall–Kier alpha value is -3.74. The van der Waals surface area contributed by atoms with Crippen molar-refractivity contribution >= 4 is 11.9 Å². The Kier molecular flexibility index (Phi) is 9.49. The summed E-state index contributed by atoms with van der Waals surface area (Å²) < 4.78 is 11.7. The number of allylic oxidation sites excluding steroid dienone is 2. The van der Waals surface area contributed by atoms with Crippen molar-refractivity contribution in [1.82, 2.24) is 4.90 Å². The Bertz CT molecular complexity index is 1600. The number of carbonyl (C=O) groups is 2. The first-order chi connectivity index (χ1) is 22.2. The minimum Gasteiger partial charge on any atom is -0.440 e. The SMILES string of the molecule is COCCCN1CC2(CCC3c4ccc(cc4C(=O)c4ccccc4-c4ccccc4)CC(O)CCC(C)=CCCC32C)OC1=O. The number of nitrogens with zero attached hydrogens (tertiary/aromatic N) is 1. The number of hydrogen-bond acceptors (Lipinski definition) is 5. The molecular formula is C40H47NO5. The van der Waals surface area contributed by atoms with Crippen molar-refractivity contribution in [2.45, 2.75) is 82.8 Å². The maximum absolute atomic E-state index is 14.8. The number of benzene rings is 3. The zero-order valence-corrected chi connectivity index (χ0v) is 27.5. The van der Waals surface area contributed by atoms with Crippen LogP contribution >= 0.6 is 0 Å². The summed E-state index contributed by atoms with van der Waals surface area (Å²) in [4.78, 5) is 30.0. The van der Waals surface area contributed by atoms with Gasteiger partial charge in [-0.1, -0.05) is 85.3 Å². The molecule has 4 aliphatic rings. The predicted octanol–water partition coefficient (Wildman–Crippen LogP) is 8.12. The van der Waals surface area contributed by atoms with Crippen LogP contribution in [-0.2, 0) is 15.9 Å². The molecule has 46 heavy (non-hydrogen) atoms. The topological polar surface area (TPSA) is 76.1 Å². The largest absolute Gasteiger partial charge is 0.440 e. The number of rotatable bonds is 7. The molecule has 2 bridgehead atoms. The van der Waals surface area contributed by atoms with E-state index >= 15 is 0 Å². The van der Waals surface area contributed by atoms with Gasteiger partial charge >= 0.3 is 6.09 Å². The molecule has 1 spiro atoms. The summed E-state index contributed by atoms with van der Waals surface area (Å²) >= 11 is 0. The fourth-order valence-electron chi connectivity index (χ4n) is 8.25. The van der Waals surface area contributed by atoms with Gasteiger partial charge in [0.05, 0.1) is 12.6 Å². The zero-order chi connectivity index (χ0) is 32.3. The minimum atomic E-state index is -0.641. The third-order valence-electron chi connectivity index (χ3n) is 10.9. The predicted molar refractivity (Wildman–Crippen MR) is 181 cm³/mol. The number of fused-ring (bicyclic) bond motifs is 8. The van der Waals surface area contributed by atoms with Gasteiger partial charge in [0.1, 0.15) is 5.60 Å². The standard InChI is InChI=1S/C40H47NO5/c1-28-11-9-21-39(2)36(20-22-40(39)27-41(38(44)46-40)23-10-24-45-3)33-19-17-29(25-31(42)18-16-28)26-35(33)37(43)34-15-8-7-14-32(34)30-12-5-4-6-13-30/h4-8,11-15,17,19,26,31,36,42H,9-10,16,18,20-25,27H2,1-3H3. The lowest BCUT2D eigenvalue weighted by molar-refractivity contribution is -0.0373. The van der Waals surface area contributed by atoms with E-state index in [2.05, 4.69) is 32.1 Å². The molecule has 2 fully saturated rings. The lowest BCUT2D eigenvalue weighted by atomic mass is 9.64. The van der Waals surface area contributed by atoms with Crippen molar-refractivity contribution in [3.05, 3.63) is 107 Å². The lowest BCUT2D eigenvalue weighted by Crippen LogP contribution is -2.48. The summed E-state index contributed by atoms with van der Waals surface area (Å²) in [5, 5.41) is 11.0. The molecule has 1 saturated carbocycles. The van der Waals surface area contributed by atoms with E-state index in [1.54, 1.807) is 7.11 Å². The number of hydrogen-bond donors (Lipinski definition) is 1. The van der Waals surface area contributed by atoms with Crippen LogP contribution < -0.4 is 0 Å². The highest BCUT2D eigenvalue weighted by atomic mass is 16.6. The van der Waals surface area contributed by atoms with Gasteiger partial charge in [-0.3, -0.25) is 4.79 Å². The van der Waals surface area contributed by atoms with E-state index in [0.717, 1.165) is 60.8 Å². The van der Waals surface area contributed by atoms with Crippen molar-refractivity contribution < 1.29 is 24.2 Å². The highest BCUT2D eigenvalue weighted by Gasteiger charge is 2.63. The van der Waals surface area contributed by atoms with Crippen LogP contribution in [0.3, 0.4) is 0 Å². The van der Waals surface area contributed by atoms with Gasteiger partial charge in [0, 0.05) is 36.8 Å². The molecule has 1 N–H and O–H groups in total. The maximum atomic E-state index is 14.8. The Morgan fingerprint density at radius 2 is 1.80 bits per heavy atom. The molecular weight excluding hydrogens is 574 g/mol. The first-order valence-electron chi connectivity index (χ1n) is 16.9. The maximum Gasteiger partial charge on any atom is 0.410 e. The van der Waals surface area contributed by atoms with Crippen LogP contribution in [-0.4, -0.2) is 60.4 Å². The van der Waals surface area contributed by atoms with Gasteiger partial charge in [0.2, 0.25) is 0 Å². The second kappa shape index (κ2) is 13.5. The number of ketones is 1. The smallest absolute Gasteiger partial charge is 0.410 e. The fraction of sp³-hybridized carbons (Fsp3) is 0.450. The third-order valence-corrected chi connectivity index (χ3v) is 10.9. The summed E-state index contributed by atoms with van der Waals surface area (Å²) in [5.74, 6) is -0.000723. The molecule has 1 amide bonds. The third kappa shape index (κ3) is 6.17. The van der Waals surface area contributed by atoms with Crippen LogP contribution in [0.15, 0.2) is 84.4 Å². The summed E-state index contributed by atoms with van der Waals surface area (Å²) in [7, 11) is 1.68. The van der Waals surface area contributed by atoms with Gasteiger partial charge in [-0.15, -0.1) is 0 Å². The molecule has 3 aromatic rings. The number of amides is 1. The van der Waals surface area contributed by atoms with Crippen LogP contribution in [0.5, 0.6) is 0 Å². The van der Waals surface area contributed by atoms with E-state index in [-0.39, 0.29) is 17.8 Å². The molecule has 0 aromatic heterocycles. The molecule has 4 atom stereocenters. The van der Waals surface area contributed by atoms with Crippen LogP contribution in [0.4, 0.5) is 4.79 Å². The van der Waals surface area contributed by atoms with E-state index in [0.29, 0.717) is 43.7 Å². The molecule has 3 aliphatic carbocycles. The average Bonchev–Trinajstić information content (AvgIpc) is 3.54. The number of aliphatic hydroxyl groups excluding tert-OH is 1. The average molecular weight is 622 g/mol. The molecule has 4 unspecified atom stereocenters. The number of carbonyl (C=O) groups excluding carboxylic acids is 2. The zero-order valence-electron chi connectivity index (χ0n) is 27.5. The Morgan fingerprint density at radius 3 is 2.61 bits per heavy atom. The van der Waals surface area contributed by atoms with Gasteiger partial charge in [0.15, 0.2) is 5.78 Å². The Labute approximate surface area is 273 Å². The first-order valence-corrected chi connectivity index (χ1v) is 16.9. The van der Waals surface area contributed by atoms with E-state index in [1.807, 2.05) is 65.6 Å². The number of aliphatic hydroxyl groups is 1. The van der Waals surface area contributed by atoms with E-state index in [9.17, 15) is 14.7 Å². The number of methoxy groups -OCH3 is 1. The van der Waals surface area contributed by atoms with E-state index in [1.165, 1.54) is 5.57 Å². The van der Waals surface area contributed by atoms with Gasteiger partial charge in [-0.25, -0.2) is 4.79 Å². The summed E-state index contributed by atoms with van der Waals surface area (Å²) in [6, 6.07) is 24.1. The number of ether oxygens (including phenoxy) is 2.